The van der Waals surface area contributed by atoms with E-state index < -0.39 is 16.5 Å². The fourth-order valence-electron chi connectivity index (χ4n) is 0.960. The van der Waals surface area contributed by atoms with E-state index >= 15 is 0 Å². The summed E-state index contributed by atoms with van der Waals surface area (Å²) in [7, 11) is 9.50. The Balaban J connectivity index is 0. The molecule has 0 rings (SSSR count). The van der Waals surface area contributed by atoms with Crippen LogP contribution in [0.1, 0.15) is 19.3 Å². The van der Waals surface area contributed by atoms with E-state index in [1.165, 1.54) is 0 Å². The van der Waals surface area contributed by atoms with E-state index in [9.17, 15) is 0 Å². The molecule has 0 heterocycles. The van der Waals surface area contributed by atoms with Crippen LogP contribution in [0, 0.1) is 34.0 Å². The van der Waals surface area contributed by atoms with Crippen molar-refractivity contribution in [3.63, 3.8) is 0 Å². The molecule has 7 heteroatoms. The third-order valence-corrected chi connectivity index (χ3v) is 4.19. The molecule has 16 heavy (non-hydrogen) atoms. The van der Waals surface area contributed by atoms with Gasteiger partial charge in [-0.3, -0.25) is 0 Å². The van der Waals surface area contributed by atoms with Crippen LogP contribution in [0.3, 0.4) is 0 Å². The standard InChI is InChI=1S/C9H12N3P.2ClH.Pt/c10-4-1-7-13(8-2-5-11)9-3-6-12;;;/h1-3,7-9H2;2*1H;/q;;;+2/p-2. The monoisotopic (exact) mass is 458 g/mol. The summed E-state index contributed by atoms with van der Waals surface area (Å²) in [4.78, 5) is 0. The number of hydrogen-bond donors (Lipinski definition) is 0. The van der Waals surface area contributed by atoms with Crippen LogP contribution in [-0.4, -0.2) is 18.5 Å². The van der Waals surface area contributed by atoms with Crippen LogP contribution >= 0.6 is 26.8 Å². The van der Waals surface area contributed by atoms with Gasteiger partial charge in [-0.1, -0.05) is 0 Å². The molecule has 0 aliphatic heterocycles. The van der Waals surface area contributed by atoms with Crippen LogP contribution in [0.25, 0.3) is 0 Å². The van der Waals surface area contributed by atoms with Crippen molar-refractivity contribution in [2.75, 3.05) is 18.5 Å². The van der Waals surface area contributed by atoms with Gasteiger partial charge in [0.1, 0.15) is 0 Å². The molecule has 0 spiro atoms. The molecule has 0 aromatic carbocycles. The van der Waals surface area contributed by atoms with E-state index in [1.807, 2.05) is 0 Å². The van der Waals surface area contributed by atoms with Gasteiger partial charge in [-0.2, -0.15) is 15.8 Å². The molecule has 0 saturated heterocycles. The van der Waals surface area contributed by atoms with Crippen LogP contribution in [0.2, 0.25) is 0 Å². The zero-order valence-corrected chi connectivity index (χ0v) is 13.3. The molecule has 3 nitrogen and oxygen atoms in total. The molecule has 0 aromatic rings. The summed E-state index contributed by atoms with van der Waals surface area (Å²) in [6.45, 7) is 0. The first-order valence-corrected chi connectivity index (χ1v) is 11.9. The minimum atomic E-state index is -0.472. The van der Waals surface area contributed by atoms with Gasteiger partial charge in [0.05, 0.1) is 18.2 Å². The van der Waals surface area contributed by atoms with Crippen molar-refractivity contribution in [3.8, 4) is 18.2 Å². The Morgan fingerprint density at radius 2 is 1.06 bits per heavy atom. The third kappa shape index (κ3) is 16.6. The predicted octanol–water partition coefficient (Wildman–Crippen LogP) is 3.59. The van der Waals surface area contributed by atoms with E-state index in [1.54, 1.807) is 0 Å². The topological polar surface area (TPSA) is 71.4 Å². The van der Waals surface area contributed by atoms with Crippen molar-refractivity contribution in [2.45, 2.75) is 19.3 Å². The van der Waals surface area contributed by atoms with E-state index in [0.29, 0.717) is 19.3 Å². The van der Waals surface area contributed by atoms with Crippen molar-refractivity contribution in [1.29, 1.82) is 15.8 Å². The van der Waals surface area contributed by atoms with Crippen LogP contribution < -0.4 is 0 Å². The van der Waals surface area contributed by atoms with Gasteiger partial charge in [0.15, 0.2) is 0 Å². The second-order valence-electron chi connectivity index (χ2n) is 2.61. The first kappa shape index (κ1) is 18.5. The van der Waals surface area contributed by atoms with E-state index in [0.717, 1.165) is 18.5 Å². The molecule has 0 N–H and O–H groups in total. The predicted molar refractivity (Wildman–Crippen MR) is 63.9 cm³/mol. The maximum atomic E-state index is 8.40. The van der Waals surface area contributed by atoms with Crippen LogP contribution in [0.4, 0.5) is 0 Å². The number of nitriles is 3. The summed E-state index contributed by atoms with van der Waals surface area (Å²) in [5.41, 5.74) is 0. The summed E-state index contributed by atoms with van der Waals surface area (Å²) in [5, 5.41) is 25.2. The van der Waals surface area contributed by atoms with E-state index in [4.69, 9.17) is 34.6 Å². The Morgan fingerprint density at radius 1 is 0.812 bits per heavy atom. The van der Waals surface area contributed by atoms with Gasteiger partial charge in [0, 0.05) is 19.3 Å². The molecule has 0 aromatic heterocycles. The Morgan fingerprint density at radius 3 is 1.25 bits per heavy atom. The van der Waals surface area contributed by atoms with Crippen molar-refractivity contribution < 1.29 is 16.5 Å². The molecule has 92 valence electrons. The van der Waals surface area contributed by atoms with E-state index in [-0.39, 0.29) is 7.92 Å². The first-order valence-electron chi connectivity index (χ1n) is 4.42. The van der Waals surface area contributed by atoms with Crippen molar-refractivity contribution >= 4 is 26.8 Å². The van der Waals surface area contributed by atoms with Crippen LogP contribution in [0.15, 0.2) is 0 Å². The molecule has 0 saturated carbocycles. The van der Waals surface area contributed by atoms with Crippen molar-refractivity contribution in [3.05, 3.63) is 0 Å². The quantitative estimate of drug-likeness (QED) is 0.571. The summed E-state index contributed by atoms with van der Waals surface area (Å²) in [6, 6.07) is 6.30. The van der Waals surface area contributed by atoms with Crippen LogP contribution in [0.5, 0.6) is 0 Å². The zero-order chi connectivity index (χ0) is 12.6. The minimum absolute atomic E-state index is 0.246. The molecular formula is C9H12Cl2N3PPt. The van der Waals surface area contributed by atoms with Gasteiger partial charge >= 0.3 is 35.3 Å². The molecule has 0 aliphatic rings. The Kier molecular flexibility index (Phi) is 20.3. The van der Waals surface area contributed by atoms with Gasteiger partial charge in [-0.25, -0.2) is 0 Å². The van der Waals surface area contributed by atoms with Gasteiger partial charge in [0.2, 0.25) is 0 Å². The van der Waals surface area contributed by atoms with Crippen molar-refractivity contribution in [1.82, 2.24) is 0 Å². The van der Waals surface area contributed by atoms with Gasteiger partial charge in [-0.15, -0.1) is 7.92 Å². The van der Waals surface area contributed by atoms with Crippen LogP contribution in [-0.2, 0) is 16.5 Å². The van der Waals surface area contributed by atoms with Gasteiger partial charge in [0.25, 0.3) is 0 Å². The molecular weight excluding hydrogens is 447 g/mol. The Labute approximate surface area is 114 Å². The third-order valence-electron chi connectivity index (χ3n) is 1.62. The number of rotatable bonds is 6. The van der Waals surface area contributed by atoms with Gasteiger partial charge < -0.3 is 0 Å². The number of halogens is 2. The first-order chi connectivity index (χ1) is 7.76. The SMILES string of the molecule is N#CCCP(CCC#N)CCC#N.[Cl][Pt][Cl]. The molecule has 0 fully saturated rings. The fourth-order valence-corrected chi connectivity index (χ4v) is 2.88. The molecule has 0 unspecified atom stereocenters. The van der Waals surface area contributed by atoms with E-state index in [2.05, 4.69) is 18.2 Å². The maximum absolute atomic E-state index is 8.40. The average molecular weight is 459 g/mol. The summed E-state index contributed by atoms with van der Waals surface area (Å²) in [5.74, 6) is 0. The molecule has 0 amide bonds. The summed E-state index contributed by atoms with van der Waals surface area (Å²) < 4.78 is 0. The fraction of sp³-hybridized carbons (Fsp3) is 0.667. The second kappa shape index (κ2) is 17.6. The average Bonchev–Trinajstić information content (AvgIpc) is 2.29. The zero-order valence-electron chi connectivity index (χ0n) is 8.60. The van der Waals surface area contributed by atoms with Gasteiger partial charge in [-0.05, 0) is 18.5 Å². The summed E-state index contributed by atoms with van der Waals surface area (Å²) >= 11 is -0.472. The Hall–Kier alpha value is 0.168. The van der Waals surface area contributed by atoms with Crippen molar-refractivity contribution in [2.24, 2.45) is 0 Å². The molecule has 0 aliphatic carbocycles. The Bertz CT molecular complexity index is 227. The molecule has 0 radical (unpaired) electrons. The summed E-state index contributed by atoms with van der Waals surface area (Å²) in [6.07, 6.45) is 4.33. The number of hydrogen-bond acceptors (Lipinski definition) is 3. The number of nitrogens with zero attached hydrogens (tertiary/aromatic N) is 3. The normalized spacial score (nSPS) is 8.50. The second-order valence-corrected chi connectivity index (χ2v) is 8.58. The molecule has 0 atom stereocenters. The molecule has 0 bridgehead atoms.